The molecule has 2 atom stereocenters. The second-order valence-electron chi connectivity index (χ2n) is 7.13. The fourth-order valence-corrected chi connectivity index (χ4v) is 6.20. The summed E-state index contributed by atoms with van der Waals surface area (Å²) < 4.78 is 38.9. The van der Waals surface area contributed by atoms with Crippen molar-refractivity contribution in [1.82, 2.24) is 4.90 Å². The van der Waals surface area contributed by atoms with E-state index in [1.54, 1.807) is 24.3 Å². The molecule has 2 aliphatic rings. The zero-order valence-corrected chi connectivity index (χ0v) is 17.2. The molecule has 2 fully saturated rings. The molecule has 0 aromatic heterocycles. The minimum absolute atomic E-state index is 0.100. The maximum absolute atomic E-state index is 14.3. The molecule has 2 amide bonds. The highest BCUT2D eigenvalue weighted by Gasteiger charge is 2.54. The van der Waals surface area contributed by atoms with Gasteiger partial charge in [-0.15, -0.1) is 0 Å². The number of aryl methyl sites for hydroxylation is 1. The van der Waals surface area contributed by atoms with E-state index in [2.05, 4.69) is 0 Å². The molecule has 2 unspecified atom stereocenters. The van der Waals surface area contributed by atoms with Crippen LogP contribution >= 0.6 is 23.2 Å². The minimum atomic E-state index is -3.33. The van der Waals surface area contributed by atoms with Gasteiger partial charge in [-0.1, -0.05) is 35.3 Å². The summed E-state index contributed by atoms with van der Waals surface area (Å²) in [5.74, 6) is -0.836. The van der Waals surface area contributed by atoms with E-state index in [1.165, 1.54) is 21.9 Å². The van der Waals surface area contributed by atoms with Crippen LogP contribution < -0.4 is 4.90 Å². The van der Waals surface area contributed by atoms with Gasteiger partial charge in [0.15, 0.2) is 9.84 Å². The zero-order valence-electron chi connectivity index (χ0n) is 14.9. The van der Waals surface area contributed by atoms with E-state index in [9.17, 15) is 17.6 Å². The fourth-order valence-electron chi connectivity index (χ4n) is 3.85. The molecule has 2 saturated heterocycles. The third-order valence-corrected chi connectivity index (χ3v) is 7.76. The normalized spacial score (nSPS) is 23.4. The first-order valence-electron chi connectivity index (χ1n) is 8.67. The summed E-state index contributed by atoms with van der Waals surface area (Å²) in [4.78, 5) is 16.1. The first-order valence-corrected chi connectivity index (χ1v) is 11.2. The number of rotatable bonds is 3. The molecule has 4 rings (SSSR count). The van der Waals surface area contributed by atoms with Crippen LogP contribution in [0.1, 0.15) is 11.1 Å². The van der Waals surface area contributed by atoms with Crippen LogP contribution in [0.4, 0.5) is 14.9 Å². The summed E-state index contributed by atoms with van der Waals surface area (Å²) in [5, 5.41) is 0.681. The molecule has 5 nitrogen and oxygen atoms in total. The smallest absolute Gasteiger partial charge is 0.314 e. The second kappa shape index (κ2) is 6.90. The van der Waals surface area contributed by atoms with Gasteiger partial charge in [0.25, 0.3) is 0 Å². The highest BCUT2D eigenvalue weighted by Crippen LogP contribution is 2.38. The van der Waals surface area contributed by atoms with Crippen LogP contribution in [-0.2, 0) is 16.4 Å². The maximum atomic E-state index is 14.3. The SMILES string of the molecule is Cc1ccc(N2C(=O)N(Cc3c(F)cccc3Cl)C3CS(=O)(=O)CC32)cc1Cl. The van der Waals surface area contributed by atoms with Crippen molar-refractivity contribution in [1.29, 1.82) is 0 Å². The number of amides is 2. The van der Waals surface area contributed by atoms with E-state index in [4.69, 9.17) is 23.2 Å². The van der Waals surface area contributed by atoms with E-state index in [1.807, 2.05) is 6.92 Å². The van der Waals surface area contributed by atoms with Crippen molar-refractivity contribution >= 4 is 44.8 Å². The molecule has 0 bridgehead atoms. The lowest BCUT2D eigenvalue weighted by atomic mass is 10.1. The number of sulfone groups is 1. The van der Waals surface area contributed by atoms with Gasteiger partial charge >= 0.3 is 6.03 Å². The van der Waals surface area contributed by atoms with E-state index in [0.717, 1.165) is 5.56 Å². The quantitative estimate of drug-likeness (QED) is 0.673. The predicted molar refractivity (Wildman–Crippen MR) is 107 cm³/mol. The summed E-state index contributed by atoms with van der Waals surface area (Å²) in [5.41, 5.74) is 1.54. The Balaban J connectivity index is 1.75. The van der Waals surface area contributed by atoms with E-state index >= 15 is 0 Å². The molecule has 0 aliphatic carbocycles. The third-order valence-electron chi connectivity index (χ3n) is 5.30. The molecule has 2 aliphatic heterocycles. The zero-order chi connectivity index (χ0) is 20.2. The van der Waals surface area contributed by atoms with Crippen molar-refractivity contribution in [2.45, 2.75) is 25.6 Å². The molecule has 2 heterocycles. The number of anilines is 1. The van der Waals surface area contributed by atoms with Crippen molar-refractivity contribution in [3.05, 3.63) is 63.4 Å². The highest BCUT2D eigenvalue weighted by atomic mass is 35.5. The molecular weight excluding hydrogens is 426 g/mol. The van der Waals surface area contributed by atoms with Crippen molar-refractivity contribution in [3.63, 3.8) is 0 Å². The largest absolute Gasteiger partial charge is 0.325 e. The van der Waals surface area contributed by atoms with Gasteiger partial charge in [0.2, 0.25) is 0 Å². The highest BCUT2D eigenvalue weighted by molar-refractivity contribution is 7.91. The van der Waals surface area contributed by atoms with E-state index < -0.39 is 27.7 Å². The van der Waals surface area contributed by atoms with E-state index in [-0.39, 0.29) is 34.7 Å². The number of nitrogens with zero attached hydrogens (tertiary/aromatic N) is 2. The fraction of sp³-hybridized carbons (Fsp3) is 0.316. The molecule has 28 heavy (non-hydrogen) atoms. The summed E-state index contributed by atoms with van der Waals surface area (Å²) in [6.45, 7) is 1.74. The molecule has 2 aromatic rings. The monoisotopic (exact) mass is 442 g/mol. The lowest BCUT2D eigenvalue weighted by Crippen LogP contribution is -2.37. The Bertz CT molecular complexity index is 1060. The number of carbonyl (C=O) groups is 1. The van der Waals surface area contributed by atoms with Crippen LogP contribution in [0.2, 0.25) is 10.0 Å². The van der Waals surface area contributed by atoms with Crippen LogP contribution in [0.15, 0.2) is 36.4 Å². The summed E-state index contributed by atoms with van der Waals surface area (Å²) in [7, 11) is -3.33. The minimum Gasteiger partial charge on any atom is -0.314 e. The summed E-state index contributed by atoms with van der Waals surface area (Å²) in [6, 6.07) is 7.94. The van der Waals surface area contributed by atoms with Gasteiger partial charge in [-0.2, -0.15) is 0 Å². The number of benzene rings is 2. The topological polar surface area (TPSA) is 57.7 Å². The number of hydrogen-bond donors (Lipinski definition) is 0. The van der Waals surface area contributed by atoms with Gasteiger partial charge in [-0.25, -0.2) is 17.6 Å². The Hall–Kier alpha value is -1.83. The van der Waals surface area contributed by atoms with Gasteiger partial charge in [-0.05, 0) is 36.8 Å². The van der Waals surface area contributed by atoms with Crippen molar-refractivity contribution < 1.29 is 17.6 Å². The molecule has 0 N–H and O–H groups in total. The molecule has 2 aromatic carbocycles. The standard InChI is InChI=1S/C19H17Cl2FN2O3S/c1-11-5-6-12(7-15(11)21)24-18-10-28(26,27)9-17(18)23(19(24)25)8-13-14(20)3-2-4-16(13)22/h2-7,17-18H,8-10H2,1H3. The molecule has 0 spiro atoms. The first kappa shape index (κ1) is 19.5. The Morgan fingerprint density at radius 3 is 2.50 bits per heavy atom. The Labute approximate surface area is 172 Å². The number of halogens is 3. The van der Waals surface area contributed by atoms with Crippen LogP contribution in [0, 0.1) is 12.7 Å². The Morgan fingerprint density at radius 2 is 1.82 bits per heavy atom. The van der Waals surface area contributed by atoms with Gasteiger partial charge in [-0.3, -0.25) is 4.90 Å². The number of carbonyl (C=O) groups excluding carboxylic acids is 1. The van der Waals surface area contributed by atoms with Crippen molar-refractivity contribution in [2.75, 3.05) is 16.4 Å². The summed E-state index contributed by atoms with van der Waals surface area (Å²) >= 11 is 12.3. The van der Waals surface area contributed by atoms with Crippen LogP contribution in [0.25, 0.3) is 0 Å². The Kier molecular flexibility index (Phi) is 4.80. The van der Waals surface area contributed by atoms with Crippen molar-refractivity contribution in [2.24, 2.45) is 0 Å². The maximum Gasteiger partial charge on any atom is 0.325 e. The molecule has 148 valence electrons. The predicted octanol–water partition coefficient (Wildman–Crippen LogP) is 4.05. The Morgan fingerprint density at radius 1 is 1.11 bits per heavy atom. The van der Waals surface area contributed by atoms with E-state index in [0.29, 0.717) is 10.7 Å². The van der Waals surface area contributed by atoms with Crippen LogP contribution in [0.3, 0.4) is 0 Å². The summed E-state index contributed by atoms with van der Waals surface area (Å²) in [6.07, 6.45) is 0. The van der Waals surface area contributed by atoms with Crippen LogP contribution in [-0.4, -0.2) is 42.9 Å². The molecular formula is C19H17Cl2FN2O3S. The van der Waals surface area contributed by atoms with Gasteiger partial charge in [0.1, 0.15) is 5.82 Å². The van der Waals surface area contributed by atoms with Crippen molar-refractivity contribution in [3.8, 4) is 0 Å². The molecule has 9 heteroatoms. The van der Waals surface area contributed by atoms with Gasteiger partial charge < -0.3 is 4.90 Å². The number of fused-ring (bicyclic) bond motifs is 1. The molecule has 0 saturated carbocycles. The van der Waals surface area contributed by atoms with Crippen LogP contribution in [0.5, 0.6) is 0 Å². The first-order chi connectivity index (χ1) is 13.2. The number of hydrogen-bond acceptors (Lipinski definition) is 3. The third kappa shape index (κ3) is 3.25. The average molecular weight is 443 g/mol. The van der Waals surface area contributed by atoms with Gasteiger partial charge in [0.05, 0.1) is 30.1 Å². The lowest BCUT2D eigenvalue weighted by Gasteiger charge is -2.23. The number of urea groups is 1. The lowest BCUT2D eigenvalue weighted by molar-refractivity contribution is 0.205. The van der Waals surface area contributed by atoms with Gasteiger partial charge in [0, 0.05) is 21.3 Å². The average Bonchev–Trinajstić information content (AvgIpc) is 3.04. The molecule has 0 radical (unpaired) electrons. The second-order valence-corrected chi connectivity index (χ2v) is 10.1.